The van der Waals surface area contributed by atoms with Crippen LogP contribution < -0.4 is 10.5 Å². The molecular formula is C8H10ClN3O3S. The third-order valence-corrected chi connectivity index (χ3v) is 2.79. The highest BCUT2D eigenvalue weighted by Crippen LogP contribution is 2.12. The number of nitrogens with zero attached hydrogens (tertiary/aromatic N) is 1. The van der Waals surface area contributed by atoms with Gasteiger partial charge < -0.3 is 5.32 Å². The van der Waals surface area contributed by atoms with Crippen molar-refractivity contribution in [1.82, 2.24) is 10.3 Å². The molecule has 0 aliphatic heterocycles. The molecule has 1 amide bonds. The molecule has 1 aromatic heterocycles. The molecule has 0 radical (unpaired) electrons. The van der Waals surface area contributed by atoms with Gasteiger partial charge >= 0.3 is 0 Å². The summed E-state index contributed by atoms with van der Waals surface area (Å²) in [5.41, 5.74) is 0.193. The Bertz CT molecular complexity index is 489. The van der Waals surface area contributed by atoms with Crippen LogP contribution in [-0.2, 0) is 10.0 Å². The third kappa shape index (κ3) is 4.13. The highest BCUT2D eigenvalue weighted by molar-refractivity contribution is 7.89. The van der Waals surface area contributed by atoms with E-state index in [4.69, 9.17) is 16.7 Å². The molecule has 8 heteroatoms. The van der Waals surface area contributed by atoms with Crippen molar-refractivity contribution in [2.75, 3.05) is 12.3 Å². The molecule has 0 saturated carbocycles. The zero-order valence-electron chi connectivity index (χ0n) is 8.18. The zero-order chi connectivity index (χ0) is 12.2. The molecule has 16 heavy (non-hydrogen) atoms. The van der Waals surface area contributed by atoms with Gasteiger partial charge in [0.05, 0.1) is 16.3 Å². The molecule has 0 aliphatic rings. The van der Waals surface area contributed by atoms with Gasteiger partial charge in [-0.05, 0) is 6.07 Å². The predicted molar refractivity (Wildman–Crippen MR) is 59.6 cm³/mol. The molecule has 0 spiro atoms. The molecule has 0 fully saturated rings. The summed E-state index contributed by atoms with van der Waals surface area (Å²) < 4.78 is 21.2. The summed E-state index contributed by atoms with van der Waals surface area (Å²) in [5, 5.41) is 7.40. The van der Waals surface area contributed by atoms with Crippen molar-refractivity contribution in [2.24, 2.45) is 5.14 Å². The topological polar surface area (TPSA) is 102 Å². The number of pyridine rings is 1. The Balaban J connectivity index is 2.57. The maximum atomic E-state index is 11.5. The Labute approximate surface area is 97.9 Å². The summed E-state index contributed by atoms with van der Waals surface area (Å²) in [4.78, 5) is 15.2. The summed E-state index contributed by atoms with van der Waals surface area (Å²) in [6.07, 6.45) is 2.75. The fourth-order valence-corrected chi connectivity index (χ4v) is 1.52. The second kappa shape index (κ2) is 5.24. The van der Waals surface area contributed by atoms with E-state index in [0.717, 1.165) is 0 Å². The van der Waals surface area contributed by atoms with E-state index in [1.807, 2.05) is 0 Å². The number of hydrogen-bond acceptors (Lipinski definition) is 4. The van der Waals surface area contributed by atoms with Crippen molar-refractivity contribution < 1.29 is 13.2 Å². The number of rotatable bonds is 4. The molecular weight excluding hydrogens is 254 g/mol. The highest BCUT2D eigenvalue weighted by atomic mass is 35.5. The van der Waals surface area contributed by atoms with Crippen LogP contribution in [-0.4, -0.2) is 31.6 Å². The number of primary sulfonamides is 1. The highest BCUT2D eigenvalue weighted by Gasteiger charge is 2.10. The standard InChI is InChI=1S/C8H10ClN3O3S/c9-7-1-2-11-5-6(7)8(13)12-3-4-16(10,14)15/h1-2,5H,3-4H2,(H,12,13)(H2,10,14,15). The fourth-order valence-electron chi connectivity index (χ4n) is 0.947. The van der Waals surface area contributed by atoms with Crippen LogP contribution in [0, 0.1) is 0 Å². The van der Waals surface area contributed by atoms with Crippen LogP contribution >= 0.6 is 11.6 Å². The van der Waals surface area contributed by atoms with Gasteiger partial charge in [-0.3, -0.25) is 9.78 Å². The average Bonchev–Trinajstić information content (AvgIpc) is 2.16. The smallest absolute Gasteiger partial charge is 0.254 e. The van der Waals surface area contributed by atoms with E-state index < -0.39 is 15.9 Å². The van der Waals surface area contributed by atoms with Crippen LogP contribution in [0.5, 0.6) is 0 Å². The van der Waals surface area contributed by atoms with E-state index in [1.165, 1.54) is 18.5 Å². The molecule has 0 aromatic carbocycles. The molecule has 1 rings (SSSR count). The molecule has 6 nitrogen and oxygen atoms in total. The maximum absolute atomic E-state index is 11.5. The number of nitrogens with one attached hydrogen (secondary N) is 1. The van der Waals surface area contributed by atoms with Crippen LogP contribution in [0.2, 0.25) is 5.02 Å². The van der Waals surface area contributed by atoms with Crippen LogP contribution in [0.3, 0.4) is 0 Å². The lowest BCUT2D eigenvalue weighted by atomic mass is 10.2. The first kappa shape index (κ1) is 12.9. The number of amides is 1. The quantitative estimate of drug-likeness (QED) is 0.782. The predicted octanol–water partition coefficient (Wildman–Crippen LogP) is -0.247. The Morgan fingerprint density at radius 2 is 2.25 bits per heavy atom. The largest absolute Gasteiger partial charge is 0.351 e. The maximum Gasteiger partial charge on any atom is 0.254 e. The summed E-state index contributed by atoms with van der Waals surface area (Å²) in [5.74, 6) is -0.807. The number of sulfonamides is 1. The molecule has 0 atom stereocenters. The lowest BCUT2D eigenvalue weighted by Crippen LogP contribution is -2.31. The zero-order valence-corrected chi connectivity index (χ0v) is 9.75. The van der Waals surface area contributed by atoms with Gasteiger partial charge in [0.2, 0.25) is 10.0 Å². The van der Waals surface area contributed by atoms with Crippen molar-refractivity contribution in [3.63, 3.8) is 0 Å². The van der Waals surface area contributed by atoms with Gasteiger partial charge in [-0.15, -0.1) is 0 Å². The van der Waals surface area contributed by atoms with Gasteiger partial charge in [-0.2, -0.15) is 0 Å². The van der Waals surface area contributed by atoms with Crippen LogP contribution in [0.4, 0.5) is 0 Å². The molecule has 1 heterocycles. The Kier molecular flexibility index (Phi) is 4.22. The first-order valence-electron chi connectivity index (χ1n) is 4.28. The Hall–Kier alpha value is -1.18. The van der Waals surface area contributed by atoms with Crippen molar-refractivity contribution in [3.05, 3.63) is 29.0 Å². The van der Waals surface area contributed by atoms with E-state index in [-0.39, 0.29) is 22.9 Å². The van der Waals surface area contributed by atoms with Crippen LogP contribution in [0.1, 0.15) is 10.4 Å². The molecule has 0 saturated heterocycles. The van der Waals surface area contributed by atoms with Crippen molar-refractivity contribution in [2.45, 2.75) is 0 Å². The number of hydrogen-bond donors (Lipinski definition) is 2. The number of aromatic nitrogens is 1. The molecule has 88 valence electrons. The van der Waals surface area contributed by atoms with E-state index >= 15 is 0 Å². The minimum absolute atomic E-state index is 0.0666. The molecule has 0 aliphatic carbocycles. The van der Waals surface area contributed by atoms with E-state index in [1.54, 1.807) is 0 Å². The van der Waals surface area contributed by atoms with Gasteiger partial charge in [0.15, 0.2) is 0 Å². The molecule has 1 aromatic rings. The van der Waals surface area contributed by atoms with Gasteiger partial charge in [0, 0.05) is 18.9 Å². The second-order valence-corrected chi connectivity index (χ2v) is 5.12. The number of carbonyl (C=O) groups is 1. The molecule has 3 N–H and O–H groups in total. The minimum Gasteiger partial charge on any atom is -0.351 e. The van der Waals surface area contributed by atoms with Crippen LogP contribution in [0.15, 0.2) is 18.5 Å². The SMILES string of the molecule is NS(=O)(=O)CCNC(=O)c1cnccc1Cl. The Morgan fingerprint density at radius 1 is 1.56 bits per heavy atom. The van der Waals surface area contributed by atoms with Crippen LogP contribution in [0.25, 0.3) is 0 Å². The molecule has 0 unspecified atom stereocenters. The van der Waals surface area contributed by atoms with Gasteiger partial charge in [-0.25, -0.2) is 13.6 Å². The van der Waals surface area contributed by atoms with Crippen molar-refractivity contribution in [1.29, 1.82) is 0 Å². The Morgan fingerprint density at radius 3 is 2.81 bits per heavy atom. The lowest BCUT2D eigenvalue weighted by Gasteiger charge is -2.04. The first-order valence-corrected chi connectivity index (χ1v) is 6.37. The van der Waals surface area contributed by atoms with Crippen molar-refractivity contribution in [3.8, 4) is 0 Å². The minimum atomic E-state index is -3.58. The lowest BCUT2D eigenvalue weighted by molar-refractivity contribution is 0.0956. The van der Waals surface area contributed by atoms with Crippen molar-refractivity contribution >= 4 is 27.5 Å². The van der Waals surface area contributed by atoms with E-state index in [2.05, 4.69) is 10.3 Å². The summed E-state index contributed by atoms with van der Waals surface area (Å²) in [6, 6.07) is 1.47. The van der Waals surface area contributed by atoms with E-state index in [0.29, 0.717) is 0 Å². The number of nitrogens with two attached hydrogens (primary N) is 1. The fraction of sp³-hybridized carbons (Fsp3) is 0.250. The summed E-state index contributed by atoms with van der Waals surface area (Å²) in [7, 11) is -3.58. The van der Waals surface area contributed by atoms with Gasteiger partial charge in [0.1, 0.15) is 0 Å². The van der Waals surface area contributed by atoms with E-state index in [9.17, 15) is 13.2 Å². The average molecular weight is 264 g/mol. The summed E-state index contributed by atoms with van der Waals surface area (Å²) in [6.45, 7) is -0.0666. The first-order chi connectivity index (χ1) is 7.40. The second-order valence-electron chi connectivity index (χ2n) is 2.98. The summed E-state index contributed by atoms with van der Waals surface area (Å²) >= 11 is 5.74. The van der Waals surface area contributed by atoms with Gasteiger partial charge in [0.25, 0.3) is 5.91 Å². The monoisotopic (exact) mass is 263 g/mol. The normalized spacial score (nSPS) is 11.1. The molecule has 0 bridgehead atoms. The number of carbonyl (C=O) groups excluding carboxylic acids is 1. The third-order valence-electron chi connectivity index (χ3n) is 1.68. The van der Waals surface area contributed by atoms with Gasteiger partial charge in [-0.1, -0.05) is 11.6 Å². The number of halogens is 1.